The van der Waals surface area contributed by atoms with Crippen molar-refractivity contribution in [3.05, 3.63) is 35.4 Å². The van der Waals surface area contributed by atoms with Gasteiger partial charge in [0.05, 0.1) is 5.25 Å². The van der Waals surface area contributed by atoms with Crippen LogP contribution >= 0.6 is 0 Å². The molecule has 2 heteroatoms. The lowest BCUT2D eigenvalue weighted by molar-refractivity contribution is 0.674. The third-order valence-electron chi connectivity index (χ3n) is 2.48. The highest BCUT2D eigenvalue weighted by Crippen LogP contribution is 2.34. The summed E-state index contributed by atoms with van der Waals surface area (Å²) in [5.74, 6) is 0. The Morgan fingerprint density at radius 1 is 1.42 bits per heavy atom. The molecular weight excluding hydrogens is 168 g/mol. The number of fused-ring (bicyclic) bond motifs is 1. The van der Waals surface area contributed by atoms with Gasteiger partial charge in [-0.2, -0.15) is 0 Å². The molecule has 0 amide bonds. The van der Waals surface area contributed by atoms with E-state index in [9.17, 15) is 4.21 Å². The molecule has 0 saturated carbocycles. The van der Waals surface area contributed by atoms with Crippen LogP contribution in [0.3, 0.4) is 0 Å². The van der Waals surface area contributed by atoms with Crippen molar-refractivity contribution in [3.63, 3.8) is 0 Å². The molecule has 0 saturated heterocycles. The summed E-state index contributed by atoms with van der Waals surface area (Å²) in [6, 6.07) is 8.33. The van der Waals surface area contributed by atoms with Crippen molar-refractivity contribution >= 4 is 10.8 Å². The summed E-state index contributed by atoms with van der Waals surface area (Å²) >= 11 is 0. The molecule has 2 rings (SSSR count). The Bertz CT molecular complexity index is 319. The van der Waals surface area contributed by atoms with E-state index in [1.54, 1.807) is 6.26 Å². The van der Waals surface area contributed by atoms with Crippen LogP contribution in [0.5, 0.6) is 0 Å². The smallest absolute Gasteiger partial charge is 0.0600 e. The largest absolute Gasteiger partial charge is 0.259 e. The molecule has 0 radical (unpaired) electrons. The Labute approximate surface area is 75.3 Å². The predicted octanol–water partition coefficient (Wildman–Crippen LogP) is 2.05. The fraction of sp³-hybridized carbons (Fsp3) is 0.400. The van der Waals surface area contributed by atoms with E-state index in [0.29, 0.717) is 5.25 Å². The van der Waals surface area contributed by atoms with Gasteiger partial charge in [-0.1, -0.05) is 24.3 Å². The summed E-state index contributed by atoms with van der Waals surface area (Å²) < 4.78 is 11.3. The molecule has 0 bridgehead atoms. The van der Waals surface area contributed by atoms with Crippen molar-refractivity contribution in [1.29, 1.82) is 0 Å². The molecule has 1 aliphatic rings. The molecule has 1 nitrogen and oxygen atoms in total. The minimum atomic E-state index is -0.702. The molecule has 0 fully saturated rings. The van der Waals surface area contributed by atoms with Crippen molar-refractivity contribution < 1.29 is 4.21 Å². The fourth-order valence-corrected chi connectivity index (χ4v) is 2.90. The molecule has 64 valence electrons. The molecule has 0 aromatic heterocycles. The zero-order valence-electron chi connectivity index (χ0n) is 7.12. The maximum absolute atomic E-state index is 11.3. The number of aryl methyl sites for hydroxylation is 1. The van der Waals surface area contributed by atoms with Gasteiger partial charge >= 0.3 is 0 Å². The molecule has 2 atom stereocenters. The first-order chi connectivity index (χ1) is 5.79. The minimum absolute atomic E-state index is 0.293. The van der Waals surface area contributed by atoms with Crippen LogP contribution in [-0.4, -0.2) is 10.5 Å². The number of hydrogen-bond donors (Lipinski definition) is 0. The van der Waals surface area contributed by atoms with Gasteiger partial charge in [0.1, 0.15) is 0 Å². The van der Waals surface area contributed by atoms with Gasteiger partial charge in [0, 0.05) is 17.1 Å². The molecule has 1 aromatic carbocycles. The van der Waals surface area contributed by atoms with E-state index in [1.165, 1.54) is 11.1 Å². The minimum Gasteiger partial charge on any atom is -0.259 e. The average Bonchev–Trinajstić information content (AvgIpc) is 2.47. The van der Waals surface area contributed by atoms with Crippen LogP contribution in [0, 0.1) is 0 Å². The number of hydrogen-bond acceptors (Lipinski definition) is 1. The standard InChI is InChI=1S/C10H12OS/c1-12(11)10-7-6-8-4-2-3-5-9(8)10/h2-5,10H,6-7H2,1H3. The zero-order valence-corrected chi connectivity index (χ0v) is 7.93. The van der Waals surface area contributed by atoms with Crippen LogP contribution in [0.4, 0.5) is 0 Å². The first kappa shape index (κ1) is 7.99. The van der Waals surface area contributed by atoms with Gasteiger partial charge in [-0.15, -0.1) is 0 Å². The quantitative estimate of drug-likeness (QED) is 0.646. The topological polar surface area (TPSA) is 17.1 Å². The Kier molecular flexibility index (Phi) is 2.01. The van der Waals surface area contributed by atoms with Crippen LogP contribution in [0.2, 0.25) is 0 Å². The Hall–Kier alpha value is -0.630. The average molecular weight is 180 g/mol. The molecule has 12 heavy (non-hydrogen) atoms. The lowest BCUT2D eigenvalue weighted by Gasteiger charge is -2.06. The highest BCUT2D eigenvalue weighted by atomic mass is 32.2. The summed E-state index contributed by atoms with van der Waals surface area (Å²) in [4.78, 5) is 0. The van der Waals surface area contributed by atoms with E-state index in [0.717, 1.165) is 12.8 Å². The van der Waals surface area contributed by atoms with Crippen LogP contribution in [0.25, 0.3) is 0 Å². The molecule has 0 heterocycles. The van der Waals surface area contributed by atoms with Crippen molar-refractivity contribution in [2.45, 2.75) is 18.1 Å². The Balaban J connectivity index is 2.42. The SMILES string of the molecule is CS(=O)C1CCc2ccccc21. The van der Waals surface area contributed by atoms with E-state index in [-0.39, 0.29) is 0 Å². The van der Waals surface area contributed by atoms with Gasteiger partial charge in [-0.25, -0.2) is 0 Å². The van der Waals surface area contributed by atoms with Crippen molar-refractivity contribution in [3.8, 4) is 0 Å². The summed E-state index contributed by atoms with van der Waals surface area (Å²) in [5, 5.41) is 0.293. The van der Waals surface area contributed by atoms with Gasteiger partial charge in [-0.05, 0) is 24.0 Å². The van der Waals surface area contributed by atoms with E-state index in [1.807, 2.05) is 6.07 Å². The van der Waals surface area contributed by atoms with Crippen LogP contribution < -0.4 is 0 Å². The maximum Gasteiger partial charge on any atom is 0.0600 e. The molecule has 0 aliphatic heterocycles. The fourth-order valence-electron chi connectivity index (χ4n) is 1.86. The zero-order chi connectivity index (χ0) is 8.55. The van der Waals surface area contributed by atoms with Gasteiger partial charge in [0.15, 0.2) is 0 Å². The van der Waals surface area contributed by atoms with Crippen LogP contribution in [-0.2, 0) is 17.2 Å². The molecule has 1 aromatic rings. The second-order valence-electron chi connectivity index (χ2n) is 3.22. The Morgan fingerprint density at radius 2 is 2.17 bits per heavy atom. The normalized spacial score (nSPS) is 23.6. The molecule has 0 spiro atoms. The van der Waals surface area contributed by atoms with Crippen LogP contribution in [0.1, 0.15) is 22.8 Å². The van der Waals surface area contributed by atoms with Crippen molar-refractivity contribution in [2.75, 3.05) is 6.26 Å². The lowest BCUT2D eigenvalue weighted by atomic mass is 10.1. The van der Waals surface area contributed by atoms with Gasteiger partial charge in [0.2, 0.25) is 0 Å². The van der Waals surface area contributed by atoms with Crippen molar-refractivity contribution in [2.24, 2.45) is 0 Å². The second kappa shape index (κ2) is 3.02. The predicted molar refractivity (Wildman–Crippen MR) is 51.6 cm³/mol. The second-order valence-corrected chi connectivity index (χ2v) is 4.79. The summed E-state index contributed by atoms with van der Waals surface area (Å²) in [5.41, 5.74) is 2.69. The number of rotatable bonds is 1. The molecule has 1 aliphatic carbocycles. The highest BCUT2D eigenvalue weighted by molar-refractivity contribution is 7.84. The van der Waals surface area contributed by atoms with Gasteiger partial charge in [0.25, 0.3) is 0 Å². The van der Waals surface area contributed by atoms with E-state index >= 15 is 0 Å². The first-order valence-electron chi connectivity index (χ1n) is 4.19. The summed E-state index contributed by atoms with van der Waals surface area (Å²) in [7, 11) is -0.702. The van der Waals surface area contributed by atoms with Gasteiger partial charge < -0.3 is 0 Å². The first-order valence-corrected chi connectivity index (χ1v) is 5.81. The summed E-state index contributed by atoms with van der Waals surface area (Å²) in [6.07, 6.45) is 3.95. The third kappa shape index (κ3) is 1.20. The molecule has 2 unspecified atom stereocenters. The number of benzene rings is 1. The van der Waals surface area contributed by atoms with Crippen molar-refractivity contribution in [1.82, 2.24) is 0 Å². The van der Waals surface area contributed by atoms with E-state index < -0.39 is 10.8 Å². The van der Waals surface area contributed by atoms with E-state index in [4.69, 9.17) is 0 Å². The molecular formula is C10H12OS. The lowest BCUT2D eigenvalue weighted by Crippen LogP contribution is -1.99. The monoisotopic (exact) mass is 180 g/mol. The highest BCUT2D eigenvalue weighted by Gasteiger charge is 2.24. The third-order valence-corrected chi connectivity index (χ3v) is 3.77. The van der Waals surface area contributed by atoms with E-state index in [2.05, 4.69) is 18.2 Å². The Morgan fingerprint density at radius 3 is 2.92 bits per heavy atom. The molecule has 0 N–H and O–H groups in total. The summed E-state index contributed by atoms with van der Waals surface area (Å²) in [6.45, 7) is 0. The van der Waals surface area contributed by atoms with Crippen LogP contribution in [0.15, 0.2) is 24.3 Å². The maximum atomic E-state index is 11.3. The van der Waals surface area contributed by atoms with Gasteiger partial charge in [-0.3, -0.25) is 4.21 Å².